The van der Waals surface area contributed by atoms with Gasteiger partial charge in [0.1, 0.15) is 11.5 Å². The number of benzene rings is 1. The van der Waals surface area contributed by atoms with Crippen LogP contribution in [0.15, 0.2) is 36.4 Å². The Morgan fingerprint density at radius 3 is 2.48 bits per heavy atom. The number of likely N-dealkylation sites (tertiary alicyclic amines) is 1. The van der Waals surface area contributed by atoms with Crippen molar-refractivity contribution in [3.8, 4) is 0 Å². The van der Waals surface area contributed by atoms with Gasteiger partial charge in [-0.05, 0) is 46.4 Å². The molecule has 1 radical (unpaired) electrons. The number of piperidine rings is 1. The first-order chi connectivity index (χ1) is 15.9. The van der Waals surface area contributed by atoms with E-state index in [0.717, 1.165) is 45.1 Å². The third kappa shape index (κ3) is 5.07. The molecule has 2 unspecified atom stereocenters. The van der Waals surface area contributed by atoms with Crippen LogP contribution >= 0.6 is 0 Å². The van der Waals surface area contributed by atoms with Gasteiger partial charge in [-0.15, -0.1) is 0 Å². The largest absolute Gasteiger partial charge is 0.378 e. The van der Waals surface area contributed by atoms with E-state index in [1.54, 1.807) is 6.07 Å². The van der Waals surface area contributed by atoms with Crippen molar-refractivity contribution in [3.05, 3.63) is 59.3 Å². The number of hydrogen-bond acceptors (Lipinski definition) is 5. The summed E-state index contributed by atoms with van der Waals surface area (Å²) in [5, 5.41) is 3.11. The summed E-state index contributed by atoms with van der Waals surface area (Å²) in [4.78, 5) is 21.9. The van der Waals surface area contributed by atoms with Crippen LogP contribution in [0.2, 0.25) is 0 Å². The van der Waals surface area contributed by atoms with Crippen LogP contribution in [0.1, 0.15) is 42.4 Å². The molecule has 6 heteroatoms. The minimum atomic E-state index is -0.120. The van der Waals surface area contributed by atoms with Crippen LogP contribution in [0.3, 0.4) is 0 Å². The summed E-state index contributed by atoms with van der Waals surface area (Å²) in [6, 6.07) is 15.8. The highest BCUT2D eigenvalue weighted by atomic mass is 16.5. The van der Waals surface area contributed by atoms with Crippen molar-refractivity contribution >= 4 is 11.7 Å². The Hall–Kier alpha value is -2.44. The molecular formula is C27H35N4O2. The number of fused-ring (bicyclic) bond motifs is 1. The van der Waals surface area contributed by atoms with Gasteiger partial charge in [-0.1, -0.05) is 45.0 Å². The normalized spacial score (nSPS) is 25.1. The lowest BCUT2D eigenvalue weighted by Crippen LogP contribution is -2.37. The topological polar surface area (TPSA) is 57.7 Å². The first kappa shape index (κ1) is 22.4. The van der Waals surface area contributed by atoms with Crippen LogP contribution in [0.5, 0.6) is 0 Å². The van der Waals surface area contributed by atoms with Crippen molar-refractivity contribution in [2.45, 2.75) is 32.7 Å². The highest BCUT2D eigenvalue weighted by molar-refractivity contribution is 5.92. The standard InChI is InChI=1S/C27H35N4O2/c1-27(2,3)20-9-7-19(8-10-20)16-30-17-22-21(23(22)18-30)15-28-26(32)24-5-4-6-25(29-24)31-11-13-33-14-12-31/h4,6-10,21-23H,11-18H2,1-3H3,(H,28,32). The number of carbonyl (C=O) groups is 1. The molecule has 1 N–H and O–H groups in total. The number of nitrogens with zero attached hydrogens (tertiary/aromatic N) is 3. The molecule has 1 aromatic carbocycles. The predicted molar refractivity (Wildman–Crippen MR) is 129 cm³/mol. The van der Waals surface area contributed by atoms with Crippen LogP contribution in [-0.2, 0) is 16.7 Å². The number of carbonyl (C=O) groups excluding carboxylic acids is 1. The number of hydrogen-bond donors (Lipinski definition) is 1. The Labute approximate surface area is 197 Å². The van der Waals surface area contributed by atoms with E-state index in [2.05, 4.69) is 71.2 Å². The lowest BCUT2D eigenvalue weighted by molar-refractivity contribution is 0.0944. The van der Waals surface area contributed by atoms with Crippen molar-refractivity contribution in [2.75, 3.05) is 50.8 Å². The number of amides is 1. The number of aromatic nitrogens is 1. The fourth-order valence-electron chi connectivity index (χ4n) is 5.30. The summed E-state index contributed by atoms with van der Waals surface area (Å²) >= 11 is 0. The van der Waals surface area contributed by atoms with Crippen LogP contribution < -0.4 is 10.2 Å². The third-order valence-corrected chi connectivity index (χ3v) is 7.40. The fourth-order valence-corrected chi connectivity index (χ4v) is 5.30. The zero-order valence-corrected chi connectivity index (χ0v) is 20.0. The highest BCUT2D eigenvalue weighted by Crippen LogP contribution is 2.51. The molecule has 6 nitrogen and oxygen atoms in total. The van der Waals surface area contributed by atoms with E-state index in [4.69, 9.17) is 4.74 Å². The van der Waals surface area contributed by atoms with Gasteiger partial charge in [0, 0.05) is 45.3 Å². The van der Waals surface area contributed by atoms with Gasteiger partial charge in [0.15, 0.2) is 0 Å². The highest BCUT2D eigenvalue weighted by Gasteiger charge is 2.55. The van der Waals surface area contributed by atoms with Gasteiger partial charge in [-0.3, -0.25) is 9.69 Å². The Kier molecular flexibility index (Phi) is 6.14. The fraction of sp³-hybridized carbons (Fsp3) is 0.556. The smallest absolute Gasteiger partial charge is 0.270 e. The first-order valence-corrected chi connectivity index (χ1v) is 12.2. The van der Waals surface area contributed by atoms with Crippen LogP contribution in [0.25, 0.3) is 0 Å². The lowest BCUT2D eigenvalue weighted by atomic mass is 9.87. The molecule has 175 valence electrons. The average Bonchev–Trinajstić information content (AvgIpc) is 3.28. The molecule has 2 atom stereocenters. The Morgan fingerprint density at radius 1 is 1.12 bits per heavy atom. The number of ether oxygens (including phenoxy) is 1. The maximum atomic E-state index is 12.7. The van der Waals surface area contributed by atoms with E-state index >= 15 is 0 Å². The van der Waals surface area contributed by atoms with Crippen LogP contribution in [0.4, 0.5) is 5.82 Å². The second-order valence-electron chi connectivity index (χ2n) is 10.7. The average molecular weight is 448 g/mol. The number of nitrogens with one attached hydrogen (secondary N) is 1. The Morgan fingerprint density at radius 2 is 1.82 bits per heavy atom. The summed E-state index contributed by atoms with van der Waals surface area (Å²) in [7, 11) is 0. The maximum Gasteiger partial charge on any atom is 0.270 e. The van der Waals surface area contributed by atoms with E-state index in [1.165, 1.54) is 11.1 Å². The molecule has 33 heavy (non-hydrogen) atoms. The van der Waals surface area contributed by atoms with Crippen molar-refractivity contribution in [2.24, 2.45) is 17.8 Å². The van der Waals surface area contributed by atoms with Gasteiger partial charge < -0.3 is 15.0 Å². The number of morpholine rings is 1. The summed E-state index contributed by atoms with van der Waals surface area (Å²) in [6.07, 6.45) is 0. The van der Waals surface area contributed by atoms with Gasteiger partial charge in [-0.25, -0.2) is 4.98 Å². The van der Waals surface area contributed by atoms with Gasteiger partial charge in [0.05, 0.1) is 13.2 Å². The minimum Gasteiger partial charge on any atom is -0.378 e. The molecule has 1 aliphatic carbocycles. The molecule has 2 aromatic rings. The van der Waals surface area contributed by atoms with Gasteiger partial charge in [0.2, 0.25) is 0 Å². The molecule has 3 fully saturated rings. The summed E-state index contributed by atoms with van der Waals surface area (Å²) < 4.78 is 5.40. The Bertz CT molecular complexity index is 966. The van der Waals surface area contributed by atoms with Gasteiger partial charge in [-0.2, -0.15) is 0 Å². The summed E-state index contributed by atoms with van der Waals surface area (Å²) in [5.41, 5.74) is 3.34. The van der Waals surface area contributed by atoms with Crippen molar-refractivity contribution in [1.29, 1.82) is 0 Å². The molecular weight excluding hydrogens is 412 g/mol. The predicted octanol–water partition coefficient (Wildman–Crippen LogP) is 3.12. The molecule has 1 amide bonds. The van der Waals surface area contributed by atoms with E-state index < -0.39 is 0 Å². The van der Waals surface area contributed by atoms with Gasteiger partial charge >= 0.3 is 0 Å². The molecule has 5 rings (SSSR count). The molecule has 2 aliphatic heterocycles. The van der Waals surface area contributed by atoms with E-state index in [0.29, 0.717) is 36.7 Å². The monoisotopic (exact) mass is 447 g/mol. The molecule has 1 saturated carbocycles. The molecule has 3 aliphatic rings. The summed E-state index contributed by atoms with van der Waals surface area (Å²) in [6.45, 7) is 13.8. The lowest BCUT2D eigenvalue weighted by Gasteiger charge is -2.27. The van der Waals surface area contributed by atoms with Crippen molar-refractivity contribution < 1.29 is 9.53 Å². The molecule has 1 aromatic heterocycles. The van der Waals surface area contributed by atoms with Gasteiger partial charge in [0.25, 0.3) is 5.91 Å². The number of anilines is 1. The van der Waals surface area contributed by atoms with Crippen molar-refractivity contribution in [3.63, 3.8) is 0 Å². The molecule has 2 saturated heterocycles. The number of pyridine rings is 1. The second-order valence-corrected chi connectivity index (χ2v) is 10.7. The molecule has 0 spiro atoms. The third-order valence-electron chi connectivity index (χ3n) is 7.40. The SMILES string of the molecule is CC(C)(C)c1ccc(CN2CC3C(CNC(=O)c4[c]ccc(N5CCOCC5)n4)C3C2)cc1. The second kappa shape index (κ2) is 9.07. The zero-order valence-electron chi connectivity index (χ0n) is 20.0. The van der Waals surface area contributed by atoms with Crippen molar-refractivity contribution in [1.82, 2.24) is 15.2 Å². The molecule has 3 heterocycles. The Balaban J connectivity index is 1.08. The van der Waals surface area contributed by atoms with Crippen LogP contribution in [0, 0.1) is 23.8 Å². The number of rotatable bonds is 6. The first-order valence-electron chi connectivity index (χ1n) is 12.2. The quantitative estimate of drug-likeness (QED) is 0.737. The van der Waals surface area contributed by atoms with E-state index in [9.17, 15) is 4.79 Å². The minimum absolute atomic E-state index is 0.120. The van der Waals surface area contributed by atoms with Crippen LogP contribution in [-0.4, -0.2) is 61.7 Å². The zero-order chi connectivity index (χ0) is 23.0. The van der Waals surface area contributed by atoms with E-state index in [1.807, 2.05) is 6.07 Å². The molecule has 0 bridgehead atoms. The van der Waals surface area contributed by atoms with E-state index in [-0.39, 0.29) is 11.3 Å². The maximum absolute atomic E-state index is 12.7. The summed E-state index contributed by atoms with van der Waals surface area (Å²) in [5.74, 6) is 2.71.